The van der Waals surface area contributed by atoms with Gasteiger partial charge in [0.15, 0.2) is 0 Å². The molecule has 2 aromatic carbocycles. The lowest BCUT2D eigenvalue weighted by atomic mass is 9.95. The second-order valence-corrected chi connectivity index (χ2v) is 8.13. The van der Waals surface area contributed by atoms with Gasteiger partial charge in [0, 0.05) is 5.39 Å². The lowest BCUT2D eigenvalue weighted by Crippen LogP contribution is -2.69. The van der Waals surface area contributed by atoms with Gasteiger partial charge in [0.25, 0.3) is 10.1 Å². The maximum Gasteiger partial charge on any atom is 0.384 e. The molecule has 0 amide bonds. The lowest BCUT2D eigenvalue weighted by molar-refractivity contribution is -0.414. The molecule has 0 N–H and O–H groups in total. The van der Waals surface area contributed by atoms with Crippen molar-refractivity contribution in [2.45, 2.75) is 40.9 Å². The molecule has 0 atom stereocenters. The highest BCUT2D eigenvalue weighted by atomic mass is 32.2. The molecule has 2 rings (SSSR count). The van der Waals surface area contributed by atoms with Gasteiger partial charge in [0.2, 0.25) is 0 Å². The van der Waals surface area contributed by atoms with E-state index in [-0.39, 0.29) is 10.8 Å². The number of fused-ring (bicyclic) bond motifs is 1. The van der Waals surface area contributed by atoms with Crippen molar-refractivity contribution in [1.29, 1.82) is 0 Å². The van der Waals surface area contributed by atoms with Crippen LogP contribution in [0.3, 0.4) is 0 Å². The predicted molar refractivity (Wildman–Crippen MR) is 87.8 cm³/mol. The Morgan fingerprint density at radius 3 is 1.79 bits per heavy atom. The first-order chi connectivity index (χ1) is 14.7. The maximum atomic E-state index is 13.8. The molecule has 3 nitrogen and oxygen atoms in total. The van der Waals surface area contributed by atoms with Gasteiger partial charge in [-0.05, 0) is 11.5 Å². The SMILES string of the molecule is O=S(=O)(OCC(F)(F)C(F)(F)C(F)(F)C(F)(F)C(F)(F)C(F)F)c1cccc2ccccc12. The summed E-state index contributed by atoms with van der Waals surface area (Å²) in [7, 11) is -5.42. The van der Waals surface area contributed by atoms with Crippen molar-refractivity contribution < 1.29 is 65.3 Å². The van der Waals surface area contributed by atoms with E-state index in [1.165, 1.54) is 24.3 Å². The zero-order valence-corrected chi connectivity index (χ0v) is 16.3. The molecule has 0 aliphatic heterocycles. The zero-order valence-electron chi connectivity index (χ0n) is 15.5. The Hall–Kier alpha value is -2.23. The third-order valence-electron chi connectivity index (χ3n) is 4.36. The van der Waals surface area contributed by atoms with Crippen LogP contribution < -0.4 is 0 Å². The molecule has 33 heavy (non-hydrogen) atoms. The van der Waals surface area contributed by atoms with Gasteiger partial charge in [-0.3, -0.25) is 4.18 Å². The van der Waals surface area contributed by atoms with E-state index in [0.717, 1.165) is 18.2 Å². The highest BCUT2D eigenvalue weighted by Crippen LogP contribution is 2.58. The average molecular weight is 522 g/mol. The van der Waals surface area contributed by atoms with Crippen molar-refractivity contribution in [3.8, 4) is 0 Å². The van der Waals surface area contributed by atoms with E-state index in [4.69, 9.17) is 0 Å². The predicted octanol–water partition coefficient (Wildman–Crippen LogP) is 5.99. The maximum absolute atomic E-state index is 13.8. The van der Waals surface area contributed by atoms with Crippen LogP contribution in [0, 0.1) is 0 Å². The molecule has 0 bridgehead atoms. The smallest absolute Gasteiger partial charge is 0.260 e. The van der Waals surface area contributed by atoms with Crippen LogP contribution in [-0.2, 0) is 14.3 Å². The quantitative estimate of drug-likeness (QED) is 0.301. The summed E-state index contributed by atoms with van der Waals surface area (Å²) < 4.78 is 186. The largest absolute Gasteiger partial charge is 0.384 e. The summed E-state index contributed by atoms with van der Waals surface area (Å²) in [6.07, 6.45) is -5.63. The highest BCUT2D eigenvalue weighted by molar-refractivity contribution is 7.87. The Bertz CT molecular complexity index is 1110. The van der Waals surface area contributed by atoms with Crippen LogP contribution in [0.2, 0.25) is 0 Å². The van der Waals surface area contributed by atoms with Gasteiger partial charge in [-0.2, -0.15) is 52.3 Å². The molecular weight excluding hydrogens is 512 g/mol. The summed E-state index contributed by atoms with van der Waals surface area (Å²) >= 11 is 0. The van der Waals surface area contributed by atoms with E-state index in [0.29, 0.717) is 0 Å². The minimum absolute atomic E-state index is 0.180. The van der Waals surface area contributed by atoms with Crippen LogP contribution in [0.1, 0.15) is 0 Å². The molecule has 0 spiro atoms. The van der Waals surface area contributed by atoms with Crippen LogP contribution in [0.5, 0.6) is 0 Å². The molecule has 0 aliphatic carbocycles. The highest BCUT2D eigenvalue weighted by Gasteiger charge is 2.87. The lowest BCUT2D eigenvalue weighted by Gasteiger charge is -2.38. The van der Waals surface area contributed by atoms with Crippen molar-refractivity contribution in [3.63, 3.8) is 0 Å². The Morgan fingerprint density at radius 1 is 0.727 bits per heavy atom. The molecule has 186 valence electrons. The van der Waals surface area contributed by atoms with Gasteiger partial charge in [0.1, 0.15) is 11.5 Å². The topological polar surface area (TPSA) is 43.4 Å². The van der Waals surface area contributed by atoms with Gasteiger partial charge in [-0.15, -0.1) is 0 Å². The summed E-state index contributed by atoms with van der Waals surface area (Å²) in [6.45, 7) is -3.21. The minimum Gasteiger partial charge on any atom is -0.260 e. The molecule has 0 radical (unpaired) electrons. The minimum atomic E-state index is -7.77. The zero-order chi connectivity index (χ0) is 25.7. The number of alkyl halides is 12. The molecule has 0 heterocycles. The third-order valence-corrected chi connectivity index (χ3v) is 5.68. The molecule has 0 fully saturated rings. The normalized spacial score (nSPS) is 14.8. The Morgan fingerprint density at radius 2 is 1.24 bits per heavy atom. The molecular formula is C17H10F12O3S. The van der Waals surface area contributed by atoms with Gasteiger partial charge < -0.3 is 0 Å². The number of rotatable bonds is 9. The van der Waals surface area contributed by atoms with E-state index in [1.54, 1.807) is 0 Å². The first-order valence-corrected chi connectivity index (χ1v) is 9.69. The molecule has 0 aromatic heterocycles. The third kappa shape index (κ3) is 4.22. The summed E-state index contributed by atoms with van der Waals surface area (Å²) in [6, 6.07) is 8.30. The second-order valence-electron chi connectivity index (χ2n) is 6.54. The molecule has 0 aliphatic rings. The van der Waals surface area contributed by atoms with Crippen molar-refractivity contribution in [3.05, 3.63) is 42.5 Å². The van der Waals surface area contributed by atoms with Crippen LogP contribution >= 0.6 is 0 Å². The van der Waals surface area contributed by atoms with Gasteiger partial charge >= 0.3 is 36.0 Å². The fraction of sp³-hybridized carbons (Fsp3) is 0.412. The number of halogens is 12. The molecule has 16 heteroatoms. The number of hydrogen-bond acceptors (Lipinski definition) is 3. The van der Waals surface area contributed by atoms with Crippen LogP contribution in [-0.4, -0.2) is 51.1 Å². The summed E-state index contributed by atoms with van der Waals surface area (Å²) in [4.78, 5) is -0.902. The van der Waals surface area contributed by atoms with Crippen molar-refractivity contribution in [1.82, 2.24) is 0 Å². The second kappa shape index (κ2) is 8.21. The molecule has 0 saturated heterocycles. The Kier molecular flexibility index (Phi) is 6.73. The summed E-state index contributed by atoms with van der Waals surface area (Å²) in [5.74, 6) is -36.6. The van der Waals surface area contributed by atoms with Gasteiger partial charge in [-0.1, -0.05) is 36.4 Å². The number of hydrogen-bond donors (Lipinski definition) is 0. The van der Waals surface area contributed by atoms with E-state index in [1.807, 2.05) is 0 Å². The fourth-order valence-corrected chi connectivity index (χ4v) is 3.62. The van der Waals surface area contributed by atoms with Gasteiger partial charge in [-0.25, -0.2) is 8.78 Å². The average Bonchev–Trinajstić information content (AvgIpc) is 2.71. The van der Waals surface area contributed by atoms with Crippen LogP contribution in [0.25, 0.3) is 10.8 Å². The van der Waals surface area contributed by atoms with Crippen LogP contribution in [0.15, 0.2) is 47.4 Å². The standard InChI is InChI=1S/C17H10F12O3S/c18-12(19)14(22,23)16(26,27)17(28,29)15(24,25)13(20,21)8-32-33(30,31)11-7-3-5-9-4-1-2-6-10(9)11/h1-7,12H,8H2. The Balaban J connectivity index is 2.40. The van der Waals surface area contributed by atoms with Crippen molar-refractivity contribution in [2.24, 2.45) is 0 Å². The van der Waals surface area contributed by atoms with Gasteiger partial charge in [0.05, 0.1) is 0 Å². The summed E-state index contributed by atoms with van der Waals surface area (Å²) in [5, 5.41) is -0.0109. The molecule has 0 saturated carbocycles. The van der Waals surface area contributed by atoms with E-state index in [2.05, 4.69) is 4.18 Å². The molecule has 0 unspecified atom stereocenters. The summed E-state index contributed by atoms with van der Waals surface area (Å²) in [5.41, 5.74) is 0. The number of benzene rings is 2. The molecule has 2 aromatic rings. The van der Waals surface area contributed by atoms with Crippen molar-refractivity contribution >= 4 is 20.9 Å². The monoisotopic (exact) mass is 522 g/mol. The van der Waals surface area contributed by atoms with Crippen LogP contribution in [0.4, 0.5) is 52.7 Å². The first kappa shape index (κ1) is 27.0. The van der Waals surface area contributed by atoms with E-state index in [9.17, 15) is 61.1 Å². The van der Waals surface area contributed by atoms with E-state index < -0.39 is 57.7 Å². The van der Waals surface area contributed by atoms with Crippen molar-refractivity contribution in [2.75, 3.05) is 6.61 Å². The first-order valence-electron chi connectivity index (χ1n) is 8.28. The fourth-order valence-electron chi connectivity index (χ4n) is 2.49. The Labute approximate surface area is 177 Å². The van der Waals surface area contributed by atoms with E-state index >= 15 is 0 Å².